The molecular weight excluding hydrogens is 384 g/mol. The Morgan fingerprint density at radius 3 is 2.58 bits per heavy atom. The number of ether oxygens (including phenoxy) is 1. The van der Waals surface area contributed by atoms with E-state index in [1.165, 1.54) is 23.9 Å². The van der Waals surface area contributed by atoms with E-state index in [4.69, 9.17) is 4.74 Å². The average Bonchev–Trinajstić information content (AvgIpc) is 3.33. The van der Waals surface area contributed by atoms with Gasteiger partial charge in [0.2, 0.25) is 0 Å². The molecule has 31 heavy (non-hydrogen) atoms. The molecule has 1 aliphatic heterocycles. The van der Waals surface area contributed by atoms with E-state index in [1.54, 1.807) is 12.1 Å². The van der Waals surface area contributed by atoms with Gasteiger partial charge >= 0.3 is 5.97 Å². The van der Waals surface area contributed by atoms with Crippen molar-refractivity contribution < 1.29 is 9.53 Å². The number of hydrogen-bond donors (Lipinski definition) is 1. The second kappa shape index (κ2) is 8.23. The summed E-state index contributed by atoms with van der Waals surface area (Å²) in [6.07, 6.45) is 7.58. The zero-order valence-electron chi connectivity index (χ0n) is 17.4. The number of fused-ring (bicyclic) bond motifs is 3. The third-order valence-corrected chi connectivity index (χ3v) is 6.22. The highest BCUT2D eigenvalue weighted by Gasteiger charge is 2.37. The van der Waals surface area contributed by atoms with Crippen LogP contribution < -0.4 is 5.32 Å². The molecule has 0 saturated heterocycles. The highest BCUT2D eigenvalue weighted by Crippen LogP contribution is 2.49. The summed E-state index contributed by atoms with van der Waals surface area (Å²) in [4.78, 5) is 16.1. The Labute approximate surface area is 182 Å². The molecule has 1 N–H and O–H groups in total. The molecule has 3 atom stereocenters. The minimum absolute atomic E-state index is 0.291. The fourth-order valence-electron chi connectivity index (χ4n) is 4.61. The van der Waals surface area contributed by atoms with Crippen molar-refractivity contribution in [2.75, 3.05) is 12.4 Å². The van der Waals surface area contributed by atoms with Gasteiger partial charge in [-0.1, -0.05) is 54.6 Å². The van der Waals surface area contributed by atoms with Gasteiger partial charge in [-0.3, -0.25) is 4.99 Å². The van der Waals surface area contributed by atoms with Gasteiger partial charge in [0.1, 0.15) is 0 Å². The van der Waals surface area contributed by atoms with E-state index in [1.807, 2.05) is 18.3 Å². The fraction of sp³-hybridized carbons (Fsp3) is 0.185. The summed E-state index contributed by atoms with van der Waals surface area (Å²) in [6, 6.07) is 24.6. The maximum Gasteiger partial charge on any atom is 0.337 e. The molecule has 0 amide bonds. The van der Waals surface area contributed by atoms with Crippen LogP contribution in [0.5, 0.6) is 0 Å². The quantitative estimate of drug-likeness (QED) is 0.325. The van der Waals surface area contributed by atoms with Gasteiger partial charge in [0.15, 0.2) is 0 Å². The van der Waals surface area contributed by atoms with Crippen LogP contribution in [0.3, 0.4) is 0 Å². The van der Waals surface area contributed by atoms with Gasteiger partial charge in [-0.2, -0.15) is 0 Å². The van der Waals surface area contributed by atoms with Gasteiger partial charge in [0.25, 0.3) is 0 Å². The number of carbonyl (C=O) groups excluding carboxylic acids is 1. The summed E-state index contributed by atoms with van der Waals surface area (Å²) in [5.74, 6) is 0.684. The number of allylic oxidation sites excluding steroid dienone is 2. The van der Waals surface area contributed by atoms with Gasteiger partial charge in [-0.05, 0) is 59.4 Å². The molecule has 0 aromatic heterocycles. The average molecular weight is 409 g/mol. The highest BCUT2D eigenvalue weighted by atomic mass is 16.5. The number of rotatable bonds is 4. The molecule has 154 valence electrons. The van der Waals surface area contributed by atoms with E-state index in [0.717, 1.165) is 17.7 Å². The molecular formula is C27H24N2O2. The smallest absolute Gasteiger partial charge is 0.337 e. The lowest BCUT2D eigenvalue weighted by atomic mass is 9.77. The maximum atomic E-state index is 11.5. The lowest BCUT2D eigenvalue weighted by Crippen LogP contribution is -2.28. The van der Waals surface area contributed by atoms with Crippen molar-refractivity contribution in [3.05, 3.63) is 107 Å². The Balaban J connectivity index is 1.32. The van der Waals surface area contributed by atoms with E-state index in [-0.39, 0.29) is 5.97 Å². The van der Waals surface area contributed by atoms with Crippen molar-refractivity contribution in [1.82, 2.24) is 0 Å². The second-order valence-electron chi connectivity index (χ2n) is 8.03. The monoisotopic (exact) mass is 408 g/mol. The van der Waals surface area contributed by atoms with Crippen LogP contribution >= 0.6 is 0 Å². The Morgan fingerprint density at radius 1 is 1.03 bits per heavy atom. The summed E-state index contributed by atoms with van der Waals surface area (Å²) < 4.78 is 4.73. The third-order valence-electron chi connectivity index (χ3n) is 6.22. The van der Waals surface area contributed by atoms with Gasteiger partial charge < -0.3 is 10.1 Å². The first-order valence-electron chi connectivity index (χ1n) is 10.6. The summed E-state index contributed by atoms with van der Waals surface area (Å²) >= 11 is 0. The van der Waals surface area contributed by atoms with Crippen LogP contribution in [-0.4, -0.2) is 19.3 Å². The minimum Gasteiger partial charge on any atom is -0.465 e. The van der Waals surface area contributed by atoms with Crippen molar-refractivity contribution in [3.63, 3.8) is 0 Å². The van der Waals surface area contributed by atoms with Crippen molar-refractivity contribution in [1.29, 1.82) is 0 Å². The van der Waals surface area contributed by atoms with Crippen molar-refractivity contribution in [2.45, 2.75) is 18.4 Å². The first kappa shape index (κ1) is 19.3. The number of nitrogens with one attached hydrogen (secondary N) is 1. The Morgan fingerprint density at radius 2 is 1.81 bits per heavy atom. The fourth-order valence-corrected chi connectivity index (χ4v) is 4.61. The number of carbonyl (C=O) groups is 1. The zero-order valence-corrected chi connectivity index (χ0v) is 17.4. The van der Waals surface area contributed by atoms with Crippen molar-refractivity contribution >= 4 is 23.6 Å². The number of para-hydroxylation sites is 1. The largest absolute Gasteiger partial charge is 0.465 e. The van der Waals surface area contributed by atoms with Crippen LogP contribution in [-0.2, 0) is 4.74 Å². The lowest BCUT2D eigenvalue weighted by molar-refractivity contribution is 0.0600. The van der Waals surface area contributed by atoms with Gasteiger partial charge in [0, 0.05) is 17.8 Å². The molecule has 1 heterocycles. The molecule has 0 spiro atoms. The summed E-state index contributed by atoms with van der Waals surface area (Å²) in [6.45, 7) is 0. The predicted molar refractivity (Wildman–Crippen MR) is 124 cm³/mol. The molecule has 3 aromatic carbocycles. The molecule has 1 aliphatic carbocycles. The van der Waals surface area contributed by atoms with Crippen molar-refractivity contribution in [2.24, 2.45) is 10.9 Å². The topological polar surface area (TPSA) is 50.7 Å². The highest BCUT2D eigenvalue weighted by molar-refractivity contribution is 5.91. The first-order valence-corrected chi connectivity index (χ1v) is 10.6. The normalized spacial score (nSPS) is 21.4. The number of esters is 1. The first-order chi connectivity index (χ1) is 15.2. The molecule has 0 unspecified atom stereocenters. The zero-order chi connectivity index (χ0) is 21.2. The third kappa shape index (κ3) is 3.77. The molecule has 0 saturated carbocycles. The lowest BCUT2D eigenvalue weighted by Gasteiger charge is -2.37. The molecule has 0 fully saturated rings. The summed E-state index contributed by atoms with van der Waals surface area (Å²) in [5.41, 5.74) is 6.29. The van der Waals surface area contributed by atoms with Gasteiger partial charge in [-0.25, -0.2) is 4.79 Å². The molecule has 0 radical (unpaired) electrons. The van der Waals surface area contributed by atoms with E-state index < -0.39 is 0 Å². The van der Waals surface area contributed by atoms with E-state index in [2.05, 4.69) is 71.0 Å². The van der Waals surface area contributed by atoms with E-state index in [9.17, 15) is 4.79 Å². The van der Waals surface area contributed by atoms with Crippen LogP contribution in [0.4, 0.5) is 11.4 Å². The van der Waals surface area contributed by atoms with Crippen LogP contribution in [0.2, 0.25) is 0 Å². The molecule has 5 rings (SSSR count). The van der Waals surface area contributed by atoms with E-state index >= 15 is 0 Å². The number of methoxy groups -OCH3 is 1. The molecule has 4 heteroatoms. The number of hydrogen-bond acceptors (Lipinski definition) is 4. The Bertz CT molecular complexity index is 1150. The molecule has 0 bridgehead atoms. The number of anilines is 1. The summed E-state index contributed by atoms with van der Waals surface area (Å²) in [7, 11) is 1.38. The maximum absolute atomic E-state index is 11.5. The van der Waals surface area contributed by atoms with Gasteiger partial charge in [0.05, 0.1) is 24.4 Å². The van der Waals surface area contributed by atoms with Crippen LogP contribution in [0, 0.1) is 5.92 Å². The number of nitrogens with zero attached hydrogens (tertiary/aromatic N) is 1. The van der Waals surface area contributed by atoms with Gasteiger partial charge in [-0.15, -0.1) is 0 Å². The number of aliphatic imine (C=N–C) groups is 1. The molecule has 3 aromatic rings. The van der Waals surface area contributed by atoms with E-state index in [0.29, 0.717) is 23.4 Å². The van der Waals surface area contributed by atoms with Crippen LogP contribution in [0.15, 0.2) is 89.9 Å². The van der Waals surface area contributed by atoms with Crippen molar-refractivity contribution in [3.8, 4) is 0 Å². The Kier molecular flexibility index (Phi) is 5.13. The molecule has 4 nitrogen and oxygen atoms in total. The number of benzene rings is 3. The predicted octanol–water partition coefficient (Wildman–Crippen LogP) is 6.05. The molecule has 2 aliphatic rings. The SMILES string of the molecule is COC(=O)c1ccc(C=Nc2ccc([C@@H]3Nc4ccccc4[C@@H]4C=CC[C@@H]43)cc2)cc1. The van der Waals surface area contributed by atoms with Crippen LogP contribution in [0.1, 0.15) is 45.4 Å². The standard InChI is InChI=1S/C27H24N2O2/c1-31-27(30)20-11-9-18(10-12-20)17-28-21-15-13-19(14-16-21)26-24-7-4-6-22(24)23-5-2-3-8-25(23)29-26/h2-6,8-17,22,24,26,29H,7H2,1H3/t22-,24-,26-/m0/s1. The Hall–Kier alpha value is -3.66. The van der Waals surface area contributed by atoms with Crippen LogP contribution in [0.25, 0.3) is 0 Å². The second-order valence-corrected chi connectivity index (χ2v) is 8.03. The minimum atomic E-state index is -0.335. The summed E-state index contributed by atoms with van der Waals surface area (Å²) in [5, 5.41) is 3.76.